The first-order valence-corrected chi connectivity index (χ1v) is 9.78. The first-order valence-electron chi connectivity index (χ1n) is 9.78. The summed E-state index contributed by atoms with van der Waals surface area (Å²) in [4.78, 5) is 28.6. The molecule has 2 fully saturated rings. The molecule has 0 atom stereocenters. The summed E-state index contributed by atoms with van der Waals surface area (Å²) in [6.07, 6.45) is 6.16. The maximum atomic E-state index is 12.1. The molecule has 2 saturated heterocycles. The molecule has 2 aliphatic heterocycles. The van der Waals surface area contributed by atoms with Gasteiger partial charge in [0, 0.05) is 49.6 Å². The fraction of sp³-hybridized carbons (Fsp3) is 0.476. The summed E-state index contributed by atoms with van der Waals surface area (Å²) in [5.74, 6) is 1.18. The molecule has 0 N–H and O–H groups in total. The van der Waals surface area contributed by atoms with E-state index in [0.717, 1.165) is 18.7 Å². The molecule has 0 saturated carbocycles. The Kier molecular flexibility index (Phi) is 4.94. The van der Waals surface area contributed by atoms with Gasteiger partial charge in [-0.05, 0) is 26.8 Å². The minimum absolute atomic E-state index is 0.116. The lowest BCUT2D eigenvalue weighted by Gasteiger charge is -2.59. The molecule has 0 radical (unpaired) electrons. The number of amides is 1. The quantitative estimate of drug-likeness (QED) is 0.759. The smallest absolute Gasteiger partial charge is 0.410 e. The van der Waals surface area contributed by atoms with Gasteiger partial charge in [-0.2, -0.15) is 5.26 Å². The Hall–Kier alpha value is -3.41. The minimum Gasteiger partial charge on any atom is -0.486 e. The highest BCUT2D eigenvalue weighted by Gasteiger charge is 2.54. The molecule has 2 aliphatic rings. The van der Waals surface area contributed by atoms with Crippen molar-refractivity contribution in [3.63, 3.8) is 0 Å². The molecular weight excluding hydrogens is 384 g/mol. The molecule has 0 bridgehead atoms. The molecule has 0 aromatic carbocycles. The van der Waals surface area contributed by atoms with Gasteiger partial charge in [-0.3, -0.25) is 4.98 Å². The number of nitriles is 1. The van der Waals surface area contributed by atoms with Crippen molar-refractivity contribution in [2.75, 3.05) is 31.1 Å². The molecule has 0 aliphatic carbocycles. The number of anilines is 1. The Morgan fingerprint density at radius 1 is 1.20 bits per heavy atom. The number of carbonyl (C=O) groups excluding carboxylic acids is 1. The van der Waals surface area contributed by atoms with E-state index in [1.165, 1.54) is 6.20 Å². The minimum atomic E-state index is -0.475. The molecule has 4 rings (SSSR count). The Balaban J connectivity index is 1.26. The largest absolute Gasteiger partial charge is 0.486 e. The van der Waals surface area contributed by atoms with Crippen LogP contribution in [0.4, 0.5) is 10.7 Å². The van der Waals surface area contributed by atoms with E-state index in [4.69, 9.17) is 14.7 Å². The van der Waals surface area contributed by atoms with Crippen molar-refractivity contribution < 1.29 is 14.3 Å². The third-order valence-electron chi connectivity index (χ3n) is 5.08. The van der Waals surface area contributed by atoms with Gasteiger partial charge in [-0.25, -0.2) is 14.8 Å². The fourth-order valence-corrected chi connectivity index (χ4v) is 3.68. The second kappa shape index (κ2) is 7.44. The number of hydrogen-bond acceptors (Lipinski definition) is 8. The van der Waals surface area contributed by atoms with Crippen LogP contribution in [0, 0.1) is 16.7 Å². The second-order valence-electron chi connectivity index (χ2n) is 8.84. The summed E-state index contributed by atoms with van der Waals surface area (Å²) < 4.78 is 11.1. The predicted octanol–water partition coefficient (Wildman–Crippen LogP) is 2.38. The Labute approximate surface area is 175 Å². The molecule has 1 spiro atoms. The first-order chi connectivity index (χ1) is 14.3. The lowest BCUT2D eigenvalue weighted by Crippen LogP contribution is -2.73. The van der Waals surface area contributed by atoms with Crippen LogP contribution in [0.1, 0.15) is 31.9 Å². The topological polar surface area (TPSA) is 104 Å². The SMILES string of the molecule is CC(C)(C)OC(=O)N1CC2(C1)CN(c1ncc(OCc3ccncc3C#N)cn1)C2. The number of ether oxygens (including phenoxy) is 2. The number of nitrogens with zero attached hydrogens (tertiary/aromatic N) is 6. The molecule has 1 amide bonds. The average Bonchev–Trinajstić information content (AvgIpc) is 2.64. The third-order valence-corrected chi connectivity index (χ3v) is 5.08. The van der Waals surface area contributed by atoms with Crippen LogP contribution in [-0.4, -0.2) is 57.7 Å². The number of pyridine rings is 1. The van der Waals surface area contributed by atoms with Gasteiger partial charge in [0.25, 0.3) is 0 Å². The van der Waals surface area contributed by atoms with Crippen LogP contribution < -0.4 is 9.64 Å². The van der Waals surface area contributed by atoms with E-state index in [1.807, 2.05) is 20.8 Å². The zero-order valence-corrected chi connectivity index (χ0v) is 17.3. The molecule has 4 heterocycles. The molecule has 9 heteroatoms. The van der Waals surface area contributed by atoms with E-state index in [1.54, 1.807) is 29.6 Å². The molecule has 2 aromatic rings. The summed E-state index contributed by atoms with van der Waals surface area (Å²) in [5, 5.41) is 9.11. The Bertz CT molecular complexity index is 965. The molecule has 156 valence electrons. The van der Waals surface area contributed by atoms with Gasteiger partial charge in [0.05, 0.1) is 18.0 Å². The van der Waals surface area contributed by atoms with Crippen LogP contribution in [0.3, 0.4) is 0 Å². The van der Waals surface area contributed by atoms with Crippen LogP contribution in [0.15, 0.2) is 30.9 Å². The number of rotatable bonds is 4. The molecule has 9 nitrogen and oxygen atoms in total. The van der Waals surface area contributed by atoms with Gasteiger partial charge in [0.1, 0.15) is 18.3 Å². The van der Waals surface area contributed by atoms with Crippen molar-refractivity contribution in [1.82, 2.24) is 19.9 Å². The maximum absolute atomic E-state index is 12.1. The van der Waals surface area contributed by atoms with Crippen molar-refractivity contribution in [3.8, 4) is 11.8 Å². The van der Waals surface area contributed by atoms with E-state index in [2.05, 4.69) is 25.9 Å². The number of hydrogen-bond donors (Lipinski definition) is 0. The average molecular weight is 408 g/mol. The Morgan fingerprint density at radius 2 is 1.90 bits per heavy atom. The number of likely N-dealkylation sites (tertiary alicyclic amines) is 1. The number of aromatic nitrogens is 3. The van der Waals surface area contributed by atoms with E-state index in [9.17, 15) is 4.79 Å². The normalized spacial score (nSPS) is 17.0. The van der Waals surface area contributed by atoms with Crippen molar-refractivity contribution >= 4 is 12.0 Å². The highest BCUT2D eigenvalue weighted by atomic mass is 16.6. The van der Waals surface area contributed by atoms with E-state index in [0.29, 0.717) is 30.4 Å². The van der Waals surface area contributed by atoms with Crippen LogP contribution in [-0.2, 0) is 11.3 Å². The monoisotopic (exact) mass is 408 g/mol. The van der Waals surface area contributed by atoms with Crippen molar-refractivity contribution in [3.05, 3.63) is 42.0 Å². The van der Waals surface area contributed by atoms with Crippen LogP contribution in [0.5, 0.6) is 5.75 Å². The van der Waals surface area contributed by atoms with Gasteiger partial charge in [-0.15, -0.1) is 0 Å². The zero-order valence-electron chi connectivity index (χ0n) is 17.3. The molecule has 0 unspecified atom stereocenters. The fourth-order valence-electron chi connectivity index (χ4n) is 3.68. The summed E-state index contributed by atoms with van der Waals surface area (Å²) >= 11 is 0. The third kappa shape index (κ3) is 4.13. The highest BCUT2D eigenvalue weighted by molar-refractivity contribution is 5.70. The van der Waals surface area contributed by atoms with Gasteiger partial charge < -0.3 is 19.3 Å². The second-order valence-corrected chi connectivity index (χ2v) is 8.84. The van der Waals surface area contributed by atoms with Crippen LogP contribution in [0.25, 0.3) is 0 Å². The van der Waals surface area contributed by atoms with E-state index >= 15 is 0 Å². The van der Waals surface area contributed by atoms with Gasteiger partial charge in [0.15, 0.2) is 5.75 Å². The Morgan fingerprint density at radius 3 is 2.53 bits per heavy atom. The lowest BCUT2D eigenvalue weighted by molar-refractivity contribution is -0.0456. The molecule has 30 heavy (non-hydrogen) atoms. The molecular formula is C21H24N6O3. The molecule has 2 aromatic heterocycles. The lowest BCUT2D eigenvalue weighted by atomic mass is 9.73. The number of carbonyl (C=O) groups is 1. The summed E-state index contributed by atoms with van der Waals surface area (Å²) in [7, 11) is 0. The van der Waals surface area contributed by atoms with E-state index in [-0.39, 0.29) is 18.1 Å². The van der Waals surface area contributed by atoms with Gasteiger partial charge in [-0.1, -0.05) is 0 Å². The van der Waals surface area contributed by atoms with Crippen molar-refractivity contribution in [1.29, 1.82) is 5.26 Å². The standard InChI is InChI=1S/C21H24N6O3/c1-20(2,3)30-19(28)27-13-21(14-27)11-26(12-21)18-24-8-17(9-25-18)29-10-15-4-5-23-7-16(15)6-22/h4-5,7-9H,10-14H2,1-3H3. The summed E-state index contributed by atoms with van der Waals surface area (Å²) in [5.41, 5.74) is 0.893. The van der Waals surface area contributed by atoms with Crippen LogP contribution >= 0.6 is 0 Å². The first kappa shape index (κ1) is 19.9. The van der Waals surface area contributed by atoms with Gasteiger partial charge >= 0.3 is 6.09 Å². The van der Waals surface area contributed by atoms with Crippen molar-refractivity contribution in [2.45, 2.75) is 33.0 Å². The van der Waals surface area contributed by atoms with Crippen molar-refractivity contribution in [2.24, 2.45) is 5.41 Å². The highest BCUT2D eigenvalue weighted by Crippen LogP contribution is 2.41. The van der Waals surface area contributed by atoms with Crippen LogP contribution in [0.2, 0.25) is 0 Å². The summed E-state index contributed by atoms with van der Waals surface area (Å²) in [6.45, 7) is 8.90. The van der Waals surface area contributed by atoms with E-state index < -0.39 is 5.60 Å². The zero-order chi connectivity index (χ0) is 21.4. The van der Waals surface area contributed by atoms with Gasteiger partial charge in [0.2, 0.25) is 5.95 Å². The summed E-state index contributed by atoms with van der Waals surface area (Å²) in [6, 6.07) is 3.85. The maximum Gasteiger partial charge on any atom is 0.410 e. The predicted molar refractivity (Wildman–Crippen MR) is 108 cm³/mol.